The van der Waals surface area contributed by atoms with Crippen molar-refractivity contribution in [1.82, 2.24) is 9.55 Å². The van der Waals surface area contributed by atoms with Crippen molar-refractivity contribution in [1.29, 1.82) is 0 Å². The first-order valence-electron chi connectivity index (χ1n) is 14.6. The molecule has 0 atom stereocenters. The molecule has 2 aromatic heterocycles. The Labute approximate surface area is 272 Å². The molecule has 0 amide bonds. The van der Waals surface area contributed by atoms with Crippen molar-refractivity contribution in [2.24, 2.45) is 0 Å². The van der Waals surface area contributed by atoms with Crippen LogP contribution in [0, 0.1) is 18.5 Å². The fourth-order valence-corrected chi connectivity index (χ4v) is 5.76. The summed E-state index contributed by atoms with van der Waals surface area (Å²) in [5.74, 6) is 0. The van der Waals surface area contributed by atoms with E-state index in [0.29, 0.717) is 0 Å². The Balaban J connectivity index is 0.000000222. The maximum atomic E-state index is 4.22. The summed E-state index contributed by atoms with van der Waals surface area (Å²) in [7, 11) is 2.15. The molecule has 0 spiro atoms. The van der Waals surface area contributed by atoms with Gasteiger partial charge in [-0.25, -0.2) is 0 Å². The van der Waals surface area contributed by atoms with E-state index >= 15 is 0 Å². The average molecular weight is 749 g/mol. The smallest absolute Gasteiger partial charge is 0.403 e. The first-order chi connectivity index (χ1) is 20.9. The Bertz CT molecular complexity index is 2020. The minimum atomic E-state index is 0. The standard InChI is InChI=1S/C28H24N3.C11H8N.Ir/c1-28(2,3)20-13-15-21(16-14-20)30-18-31-25-17-12-19-8-5-6-9-22(19)26(25)29(4)23-10-7-11-24(30)27(23)31;1-2-6-10(7-3-1)11-8-4-5-9-12-11;/h5-16H,1-4H3;1-6,8-9H;/q2*-1;+3. The van der Waals surface area contributed by atoms with Gasteiger partial charge in [0.05, 0.1) is 11.2 Å². The Morgan fingerprint density at radius 2 is 1.55 bits per heavy atom. The third-order valence-corrected chi connectivity index (χ3v) is 8.02. The second-order valence-corrected chi connectivity index (χ2v) is 11.8. The molecule has 0 fully saturated rings. The second-order valence-electron chi connectivity index (χ2n) is 11.8. The molecule has 1 aliphatic rings. The maximum Gasteiger partial charge on any atom is 3.00 e. The molecular weight excluding hydrogens is 717 g/mol. The first-order valence-corrected chi connectivity index (χ1v) is 14.6. The van der Waals surface area contributed by atoms with E-state index in [-0.39, 0.29) is 25.5 Å². The van der Waals surface area contributed by atoms with Crippen LogP contribution in [0.25, 0.3) is 44.4 Å². The van der Waals surface area contributed by atoms with Crippen LogP contribution in [0.2, 0.25) is 0 Å². The Kier molecular flexibility index (Phi) is 7.94. The molecule has 44 heavy (non-hydrogen) atoms. The fourth-order valence-electron chi connectivity index (χ4n) is 5.76. The number of pyridine rings is 1. The largest absolute Gasteiger partial charge is 3.00 e. The van der Waals surface area contributed by atoms with E-state index in [2.05, 4.69) is 138 Å². The van der Waals surface area contributed by atoms with Gasteiger partial charge < -0.3 is 14.5 Å². The van der Waals surface area contributed by atoms with Crippen LogP contribution in [0.5, 0.6) is 0 Å². The fraction of sp³-hybridized carbons (Fsp3) is 0.128. The van der Waals surface area contributed by atoms with Crippen molar-refractivity contribution in [2.75, 3.05) is 11.9 Å². The molecule has 0 radical (unpaired) electrons. The third-order valence-electron chi connectivity index (χ3n) is 8.02. The van der Waals surface area contributed by atoms with Crippen LogP contribution in [0.4, 0.5) is 11.4 Å². The molecule has 3 heterocycles. The van der Waals surface area contributed by atoms with Gasteiger partial charge in [-0.1, -0.05) is 81.1 Å². The molecule has 0 saturated carbocycles. The van der Waals surface area contributed by atoms with Gasteiger partial charge in [-0.2, -0.15) is 12.1 Å². The molecule has 0 saturated heterocycles. The van der Waals surface area contributed by atoms with Gasteiger partial charge in [0.15, 0.2) is 0 Å². The topological polar surface area (TPSA) is 24.9 Å². The normalized spacial score (nSPS) is 11.9. The summed E-state index contributed by atoms with van der Waals surface area (Å²) in [6.07, 6.45) is 5.41. The summed E-state index contributed by atoms with van der Waals surface area (Å²) in [5, 5.41) is 2.42. The van der Waals surface area contributed by atoms with Crippen molar-refractivity contribution < 1.29 is 24.7 Å². The molecule has 0 bridgehead atoms. The molecule has 5 aromatic carbocycles. The molecule has 4 nitrogen and oxygen atoms in total. The molecule has 7 aromatic rings. The predicted octanol–water partition coefficient (Wildman–Crippen LogP) is 8.59. The molecule has 0 aliphatic carbocycles. The van der Waals surface area contributed by atoms with E-state index in [1.165, 1.54) is 27.7 Å². The van der Waals surface area contributed by atoms with Gasteiger partial charge in [0.25, 0.3) is 6.33 Å². The monoisotopic (exact) mass is 749 g/mol. The van der Waals surface area contributed by atoms with E-state index < -0.39 is 0 Å². The molecule has 0 unspecified atom stereocenters. The molecule has 1 aliphatic heterocycles. The van der Waals surface area contributed by atoms with E-state index in [0.717, 1.165) is 33.7 Å². The van der Waals surface area contributed by atoms with E-state index in [9.17, 15) is 0 Å². The van der Waals surface area contributed by atoms with Gasteiger partial charge in [-0.05, 0) is 53.7 Å². The number of imidazole rings is 1. The van der Waals surface area contributed by atoms with Crippen LogP contribution < -0.4 is 9.47 Å². The summed E-state index contributed by atoms with van der Waals surface area (Å²) in [6.45, 7) is 6.73. The van der Waals surface area contributed by atoms with Crippen molar-refractivity contribution in [3.8, 4) is 22.6 Å². The van der Waals surface area contributed by atoms with Gasteiger partial charge in [0.1, 0.15) is 5.52 Å². The summed E-state index contributed by atoms with van der Waals surface area (Å²) >= 11 is 0. The SMILES string of the molecule is CN1c2c([c-]cc3ccccc23)-[n+]2[c-]n(-c3ccc(C(C)(C)C)cc3)c3cccc1c32.[Ir+3].[c-]1ccccc1-c1ccccn1. The van der Waals surface area contributed by atoms with Crippen molar-refractivity contribution >= 4 is 33.2 Å². The van der Waals surface area contributed by atoms with Gasteiger partial charge in [0, 0.05) is 11.9 Å². The second kappa shape index (κ2) is 11.8. The molecular formula is C39H32IrN4+. The quantitative estimate of drug-likeness (QED) is 0.131. The van der Waals surface area contributed by atoms with E-state index in [1.807, 2.05) is 42.5 Å². The van der Waals surface area contributed by atoms with Crippen LogP contribution >= 0.6 is 0 Å². The number of rotatable bonds is 2. The average Bonchev–Trinajstić information content (AvgIpc) is 3.44. The number of benzene rings is 5. The van der Waals surface area contributed by atoms with Crippen LogP contribution in [-0.2, 0) is 25.5 Å². The zero-order valence-corrected chi connectivity index (χ0v) is 27.6. The first kappa shape index (κ1) is 29.5. The Morgan fingerprint density at radius 1 is 0.773 bits per heavy atom. The van der Waals surface area contributed by atoms with Gasteiger partial charge in [0.2, 0.25) is 0 Å². The predicted molar refractivity (Wildman–Crippen MR) is 175 cm³/mol. The zero-order chi connectivity index (χ0) is 29.6. The number of nitrogens with zero attached hydrogens (tertiary/aromatic N) is 4. The molecule has 0 N–H and O–H groups in total. The number of hydrogen-bond acceptors (Lipinski definition) is 2. The Morgan fingerprint density at radius 3 is 2.27 bits per heavy atom. The van der Waals surface area contributed by atoms with Crippen molar-refractivity contribution in [3.63, 3.8) is 0 Å². The van der Waals surface area contributed by atoms with Gasteiger partial charge >= 0.3 is 20.1 Å². The van der Waals surface area contributed by atoms with Crippen LogP contribution in [0.15, 0.2) is 121 Å². The minimum Gasteiger partial charge on any atom is -0.403 e. The Hall–Kier alpha value is -4.57. The van der Waals surface area contributed by atoms with Crippen LogP contribution in [-0.4, -0.2) is 16.6 Å². The van der Waals surface area contributed by atoms with Crippen LogP contribution in [0.3, 0.4) is 0 Å². The van der Waals surface area contributed by atoms with Gasteiger partial charge in [-0.15, -0.1) is 52.7 Å². The summed E-state index contributed by atoms with van der Waals surface area (Å²) < 4.78 is 4.33. The van der Waals surface area contributed by atoms with Gasteiger partial charge in [-0.3, -0.25) is 4.57 Å². The zero-order valence-electron chi connectivity index (χ0n) is 25.2. The summed E-state index contributed by atoms with van der Waals surface area (Å²) in [4.78, 5) is 6.51. The minimum absolute atomic E-state index is 0. The number of fused-ring (bicyclic) bond motifs is 4. The molecule has 8 rings (SSSR count). The van der Waals surface area contributed by atoms with E-state index in [4.69, 9.17) is 0 Å². The summed E-state index contributed by atoms with van der Waals surface area (Å²) in [6, 6.07) is 46.3. The third kappa shape index (κ3) is 5.23. The van der Waals surface area contributed by atoms with Crippen molar-refractivity contribution in [2.45, 2.75) is 26.2 Å². The van der Waals surface area contributed by atoms with Crippen molar-refractivity contribution in [3.05, 3.63) is 145 Å². The summed E-state index contributed by atoms with van der Waals surface area (Å²) in [5.41, 5.74) is 10.3. The number of hydrogen-bond donors (Lipinski definition) is 0. The molecule has 216 valence electrons. The number of anilines is 2. The van der Waals surface area contributed by atoms with Crippen LogP contribution in [0.1, 0.15) is 26.3 Å². The number of para-hydroxylation sites is 1. The van der Waals surface area contributed by atoms with E-state index in [1.54, 1.807) is 6.20 Å². The number of aromatic nitrogens is 3. The maximum absolute atomic E-state index is 4.22. The molecule has 5 heteroatoms.